The molecule has 148 valence electrons. The average Bonchev–Trinajstić information content (AvgIpc) is 3.21. The fourth-order valence-corrected chi connectivity index (χ4v) is 4.45. The molecular weight excluding hydrogens is 384 g/mol. The summed E-state index contributed by atoms with van der Waals surface area (Å²) in [6.07, 6.45) is 0. The molecule has 1 saturated heterocycles. The Morgan fingerprint density at radius 1 is 1.00 bits per heavy atom. The van der Waals surface area contributed by atoms with Crippen LogP contribution in [-0.2, 0) is 21.3 Å². The number of amides is 1. The fraction of sp³-hybridized carbons (Fsp3) is 0.316. The van der Waals surface area contributed by atoms with Gasteiger partial charge in [0.25, 0.3) is 5.91 Å². The van der Waals surface area contributed by atoms with E-state index in [1.807, 2.05) is 0 Å². The molecule has 0 spiro atoms. The number of sulfonamides is 1. The minimum absolute atomic E-state index is 0.153. The van der Waals surface area contributed by atoms with Crippen molar-refractivity contribution in [2.24, 2.45) is 0 Å². The summed E-state index contributed by atoms with van der Waals surface area (Å²) in [5, 5.41) is 2.82. The Morgan fingerprint density at radius 3 is 2.46 bits per heavy atom. The van der Waals surface area contributed by atoms with Crippen molar-refractivity contribution in [1.29, 1.82) is 0 Å². The Bertz CT molecular complexity index is 968. The molecule has 28 heavy (non-hydrogen) atoms. The topological polar surface area (TPSA) is 94.2 Å². The van der Waals surface area contributed by atoms with Crippen LogP contribution >= 0.6 is 0 Å². The first-order valence-corrected chi connectivity index (χ1v) is 10.3. The second-order valence-electron chi connectivity index (χ2n) is 6.41. The quantitative estimate of drug-likeness (QED) is 0.809. The Labute approximate surface area is 163 Å². The van der Waals surface area contributed by atoms with Crippen molar-refractivity contribution in [2.45, 2.75) is 11.4 Å². The van der Waals surface area contributed by atoms with Crippen LogP contribution < -0.4 is 14.8 Å². The van der Waals surface area contributed by atoms with Gasteiger partial charge in [-0.15, -0.1) is 0 Å². The number of rotatable bonds is 5. The molecular formula is C19H20N2O6S. The van der Waals surface area contributed by atoms with Crippen LogP contribution in [0.1, 0.15) is 15.9 Å². The monoisotopic (exact) mass is 404 g/mol. The maximum absolute atomic E-state index is 12.6. The van der Waals surface area contributed by atoms with E-state index in [-0.39, 0.29) is 24.1 Å². The first-order chi connectivity index (χ1) is 13.5. The number of carbonyl (C=O) groups excluding carboxylic acids is 1. The van der Waals surface area contributed by atoms with Gasteiger partial charge in [0.2, 0.25) is 16.8 Å². The number of hydrogen-bond acceptors (Lipinski definition) is 6. The molecule has 0 aliphatic carbocycles. The Morgan fingerprint density at radius 2 is 1.71 bits per heavy atom. The van der Waals surface area contributed by atoms with Gasteiger partial charge in [0, 0.05) is 25.2 Å². The van der Waals surface area contributed by atoms with Gasteiger partial charge in [-0.2, -0.15) is 4.31 Å². The Hall–Kier alpha value is -2.62. The van der Waals surface area contributed by atoms with E-state index in [9.17, 15) is 13.2 Å². The third kappa shape index (κ3) is 3.82. The van der Waals surface area contributed by atoms with Crippen molar-refractivity contribution in [3.63, 3.8) is 0 Å². The van der Waals surface area contributed by atoms with E-state index in [1.54, 1.807) is 42.5 Å². The normalized spacial score (nSPS) is 16.7. The van der Waals surface area contributed by atoms with Gasteiger partial charge < -0.3 is 19.5 Å². The predicted octanol–water partition coefficient (Wildman–Crippen LogP) is 1.37. The zero-order chi connectivity index (χ0) is 19.6. The molecule has 0 aromatic heterocycles. The highest BCUT2D eigenvalue weighted by molar-refractivity contribution is 7.89. The van der Waals surface area contributed by atoms with Crippen molar-refractivity contribution >= 4 is 15.9 Å². The molecule has 1 N–H and O–H groups in total. The number of carbonyl (C=O) groups is 1. The molecule has 0 bridgehead atoms. The lowest BCUT2D eigenvalue weighted by Crippen LogP contribution is -2.40. The van der Waals surface area contributed by atoms with Gasteiger partial charge in [-0.05, 0) is 35.9 Å². The number of morpholine rings is 1. The van der Waals surface area contributed by atoms with Crippen LogP contribution in [0.4, 0.5) is 0 Å². The Balaban J connectivity index is 1.38. The first kappa shape index (κ1) is 18.7. The molecule has 0 unspecified atom stereocenters. The average molecular weight is 404 g/mol. The molecule has 2 aromatic carbocycles. The largest absolute Gasteiger partial charge is 0.454 e. The highest BCUT2D eigenvalue weighted by atomic mass is 32.2. The van der Waals surface area contributed by atoms with Crippen molar-refractivity contribution in [3.05, 3.63) is 53.6 Å². The van der Waals surface area contributed by atoms with Crippen LogP contribution in [0.25, 0.3) is 0 Å². The van der Waals surface area contributed by atoms with E-state index in [2.05, 4.69) is 5.32 Å². The SMILES string of the molecule is O=C(NCc1ccc(S(=O)(=O)N2CCOCC2)cc1)c1ccc2c(c1)OCO2. The molecule has 0 saturated carbocycles. The summed E-state index contributed by atoms with van der Waals surface area (Å²) in [4.78, 5) is 12.6. The molecule has 2 heterocycles. The predicted molar refractivity (Wildman–Crippen MR) is 99.8 cm³/mol. The molecule has 2 aliphatic heterocycles. The fourth-order valence-electron chi connectivity index (χ4n) is 3.04. The number of benzene rings is 2. The minimum Gasteiger partial charge on any atom is -0.454 e. The number of hydrogen-bond donors (Lipinski definition) is 1. The van der Waals surface area contributed by atoms with Crippen LogP contribution in [0.5, 0.6) is 11.5 Å². The molecule has 2 aromatic rings. The summed E-state index contributed by atoms with van der Waals surface area (Å²) in [7, 11) is -3.52. The van der Waals surface area contributed by atoms with E-state index in [4.69, 9.17) is 14.2 Å². The van der Waals surface area contributed by atoms with Crippen LogP contribution in [0, 0.1) is 0 Å². The van der Waals surface area contributed by atoms with Gasteiger partial charge in [0.15, 0.2) is 11.5 Å². The van der Waals surface area contributed by atoms with Crippen molar-refractivity contribution in [1.82, 2.24) is 9.62 Å². The van der Waals surface area contributed by atoms with Crippen LogP contribution in [0.3, 0.4) is 0 Å². The first-order valence-electron chi connectivity index (χ1n) is 8.89. The molecule has 0 atom stereocenters. The molecule has 2 aliphatic rings. The van der Waals surface area contributed by atoms with Crippen molar-refractivity contribution in [3.8, 4) is 11.5 Å². The van der Waals surface area contributed by atoms with E-state index in [0.29, 0.717) is 43.4 Å². The van der Waals surface area contributed by atoms with Crippen molar-refractivity contribution < 1.29 is 27.4 Å². The molecule has 9 heteroatoms. The van der Waals surface area contributed by atoms with Gasteiger partial charge in [-0.1, -0.05) is 12.1 Å². The molecule has 1 amide bonds. The zero-order valence-corrected chi connectivity index (χ0v) is 15.9. The zero-order valence-electron chi connectivity index (χ0n) is 15.1. The maximum Gasteiger partial charge on any atom is 0.251 e. The van der Waals surface area contributed by atoms with E-state index in [0.717, 1.165) is 5.56 Å². The summed E-state index contributed by atoms with van der Waals surface area (Å²) in [6.45, 7) is 1.96. The maximum atomic E-state index is 12.6. The molecule has 1 fully saturated rings. The number of nitrogens with one attached hydrogen (secondary N) is 1. The minimum atomic E-state index is -3.52. The summed E-state index contributed by atoms with van der Waals surface area (Å²) >= 11 is 0. The highest BCUT2D eigenvalue weighted by Crippen LogP contribution is 2.32. The lowest BCUT2D eigenvalue weighted by Gasteiger charge is -2.26. The lowest BCUT2D eigenvalue weighted by atomic mass is 10.1. The van der Waals surface area contributed by atoms with Crippen molar-refractivity contribution in [2.75, 3.05) is 33.1 Å². The lowest BCUT2D eigenvalue weighted by molar-refractivity contribution is 0.0730. The summed E-state index contributed by atoms with van der Waals surface area (Å²) in [5.41, 5.74) is 1.27. The Kier molecular flexibility index (Phi) is 5.21. The smallest absolute Gasteiger partial charge is 0.251 e. The van der Waals surface area contributed by atoms with Gasteiger partial charge in [-0.3, -0.25) is 4.79 Å². The van der Waals surface area contributed by atoms with Gasteiger partial charge in [0.05, 0.1) is 18.1 Å². The number of nitrogens with zero attached hydrogens (tertiary/aromatic N) is 1. The van der Waals surface area contributed by atoms with Gasteiger partial charge in [0.1, 0.15) is 0 Å². The number of fused-ring (bicyclic) bond motifs is 1. The summed E-state index contributed by atoms with van der Waals surface area (Å²) in [6, 6.07) is 11.5. The van der Waals surface area contributed by atoms with Gasteiger partial charge in [-0.25, -0.2) is 8.42 Å². The van der Waals surface area contributed by atoms with E-state index >= 15 is 0 Å². The third-order valence-electron chi connectivity index (χ3n) is 4.62. The summed E-state index contributed by atoms with van der Waals surface area (Å²) in [5.74, 6) is 0.919. The summed E-state index contributed by atoms with van der Waals surface area (Å²) < 4.78 is 42.4. The van der Waals surface area contributed by atoms with Gasteiger partial charge >= 0.3 is 0 Å². The second-order valence-corrected chi connectivity index (χ2v) is 8.35. The second kappa shape index (κ2) is 7.78. The number of ether oxygens (including phenoxy) is 3. The van der Waals surface area contributed by atoms with Crippen LogP contribution in [-0.4, -0.2) is 51.7 Å². The van der Waals surface area contributed by atoms with Crippen LogP contribution in [0.2, 0.25) is 0 Å². The van der Waals surface area contributed by atoms with E-state index < -0.39 is 10.0 Å². The third-order valence-corrected chi connectivity index (χ3v) is 6.53. The van der Waals surface area contributed by atoms with Crippen LogP contribution in [0.15, 0.2) is 47.4 Å². The van der Waals surface area contributed by atoms with E-state index in [1.165, 1.54) is 4.31 Å². The molecule has 4 rings (SSSR count). The molecule has 8 nitrogen and oxygen atoms in total. The molecule has 0 radical (unpaired) electrons. The standard InChI is InChI=1S/C19H20N2O6S/c22-19(15-3-6-17-18(11-15)27-13-26-17)20-12-14-1-4-16(5-2-14)28(23,24)21-7-9-25-10-8-21/h1-6,11H,7-10,12-13H2,(H,20,22). The highest BCUT2D eigenvalue weighted by Gasteiger charge is 2.26.